The molecule has 6 nitrogen and oxygen atoms in total. The number of halogens is 1. The van der Waals surface area contributed by atoms with Crippen LogP contribution in [-0.4, -0.2) is 26.7 Å². The summed E-state index contributed by atoms with van der Waals surface area (Å²) in [5.41, 5.74) is 1.35. The van der Waals surface area contributed by atoms with Crippen molar-refractivity contribution in [1.82, 2.24) is 0 Å². The Morgan fingerprint density at radius 1 is 1.00 bits per heavy atom. The van der Waals surface area contributed by atoms with E-state index < -0.39 is 15.9 Å². The molecule has 0 unspecified atom stereocenters. The number of carbonyl (C=O) groups excluding carboxylic acids is 2. The van der Waals surface area contributed by atoms with E-state index in [1.54, 1.807) is 48.5 Å². The number of sulfonamides is 1. The molecule has 0 saturated carbocycles. The van der Waals surface area contributed by atoms with E-state index in [1.165, 1.54) is 37.3 Å². The van der Waals surface area contributed by atoms with Gasteiger partial charge in [-0.1, -0.05) is 48.0 Å². The molecule has 0 saturated heterocycles. The van der Waals surface area contributed by atoms with E-state index in [9.17, 15) is 18.0 Å². The summed E-state index contributed by atoms with van der Waals surface area (Å²) < 4.78 is 27.9. The summed E-state index contributed by atoms with van der Waals surface area (Å²) in [6, 6.07) is 18.8. The third-order valence-electron chi connectivity index (χ3n) is 4.63. The van der Waals surface area contributed by atoms with Crippen LogP contribution in [0.25, 0.3) is 0 Å². The van der Waals surface area contributed by atoms with E-state index in [1.807, 2.05) is 0 Å². The Hall–Kier alpha value is -3.42. The second-order valence-corrected chi connectivity index (χ2v) is 9.16. The molecule has 0 heterocycles. The van der Waals surface area contributed by atoms with E-state index in [0.717, 1.165) is 4.31 Å². The van der Waals surface area contributed by atoms with Gasteiger partial charge >= 0.3 is 0 Å². The van der Waals surface area contributed by atoms with Crippen molar-refractivity contribution in [2.24, 2.45) is 0 Å². The predicted octanol–water partition coefficient (Wildman–Crippen LogP) is 5.18. The Bertz CT molecular complexity index is 1290. The maximum Gasteiger partial charge on any atom is 0.264 e. The highest BCUT2D eigenvalue weighted by Gasteiger charge is 2.26. The number of nitrogens with one attached hydrogen (secondary N) is 1. The number of carbonyl (C=O) groups is 2. The quantitative estimate of drug-likeness (QED) is 0.365. The van der Waals surface area contributed by atoms with Gasteiger partial charge in [-0.15, -0.1) is 6.58 Å². The molecule has 0 aliphatic rings. The van der Waals surface area contributed by atoms with Gasteiger partial charge in [0.05, 0.1) is 22.2 Å². The molecule has 3 rings (SSSR count). The number of nitrogens with zero attached hydrogens (tertiary/aromatic N) is 1. The van der Waals surface area contributed by atoms with E-state index in [-0.39, 0.29) is 27.8 Å². The standard InChI is InChI=1S/C24H21ClN2O4S/c1-3-14-27(23-13-5-4-12-22(23)25)32(30,31)21-11-7-9-19(16-21)24(29)26-20-10-6-8-18(15-20)17(2)28/h3-13,15-16H,1,14H2,2H3,(H,26,29). The fourth-order valence-electron chi connectivity index (χ4n) is 3.04. The van der Waals surface area contributed by atoms with Crippen LogP contribution in [0.1, 0.15) is 27.6 Å². The Kier molecular flexibility index (Phi) is 7.12. The summed E-state index contributed by atoms with van der Waals surface area (Å²) in [6.07, 6.45) is 1.46. The molecule has 8 heteroatoms. The van der Waals surface area contributed by atoms with Gasteiger partial charge in [0.1, 0.15) is 0 Å². The molecule has 0 radical (unpaired) electrons. The lowest BCUT2D eigenvalue weighted by atomic mass is 10.1. The Balaban J connectivity index is 1.94. The van der Waals surface area contributed by atoms with Gasteiger partial charge in [0, 0.05) is 16.8 Å². The highest BCUT2D eigenvalue weighted by molar-refractivity contribution is 7.92. The lowest BCUT2D eigenvalue weighted by molar-refractivity contribution is 0.101. The molecule has 3 aromatic rings. The van der Waals surface area contributed by atoms with Crippen LogP contribution >= 0.6 is 11.6 Å². The van der Waals surface area contributed by atoms with Gasteiger partial charge in [-0.05, 0) is 49.4 Å². The molecule has 0 fully saturated rings. The van der Waals surface area contributed by atoms with E-state index in [0.29, 0.717) is 16.9 Å². The van der Waals surface area contributed by atoms with Crippen molar-refractivity contribution in [1.29, 1.82) is 0 Å². The van der Waals surface area contributed by atoms with Crippen LogP contribution in [0.4, 0.5) is 11.4 Å². The molecule has 0 aromatic heterocycles. The largest absolute Gasteiger partial charge is 0.322 e. The number of Topliss-reactive ketones (excluding diaryl/α,β-unsaturated/α-hetero) is 1. The molecule has 1 N–H and O–H groups in total. The lowest BCUT2D eigenvalue weighted by Gasteiger charge is -2.24. The van der Waals surface area contributed by atoms with Crippen LogP contribution in [-0.2, 0) is 10.0 Å². The summed E-state index contributed by atoms with van der Waals surface area (Å²) in [5.74, 6) is -0.633. The second-order valence-electron chi connectivity index (χ2n) is 6.90. The van der Waals surface area contributed by atoms with Crippen molar-refractivity contribution < 1.29 is 18.0 Å². The Labute approximate surface area is 192 Å². The number of para-hydroxylation sites is 1. The number of rotatable bonds is 8. The van der Waals surface area contributed by atoms with Gasteiger partial charge in [0.2, 0.25) is 0 Å². The molecule has 0 aliphatic carbocycles. The van der Waals surface area contributed by atoms with Gasteiger partial charge < -0.3 is 5.32 Å². The van der Waals surface area contributed by atoms with Crippen LogP contribution in [0, 0.1) is 0 Å². The molecule has 3 aromatic carbocycles. The van der Waals surface area contributed by atoms with Crippen molar-refractivity contribution in [3.05, 3.63) is 102 Å². The van der Waals surface area contributed by atoms with Crippen molar-refractivity contribution in [3.63, 3.8) is 0 Å². The van der Waals surface area contributed by atoms with Crippen LogP contribution in [0.5, 0.6) is 0 Å². The number of hydrogen-bond acceptors (Lipinski definition) is 4. The van der Waals surface area contributed by atoms with E-state index >= 15 is 0 Å². The molecule has 1 amide bonds. The molecule has 164 valence electrons. The maximum absolute atomic E-state index is 13.4. The van der Waals surface area contributed by atoms with Crippen molar-refractivity contribution >= 4 is 44.7 Å². The van der Waals surface area contributed by atoms with Gasteiger partial charge in [-0.25, -0.2) is 8.42 Å². The van der Waals surface area contributed by atoms with E-state index in [2.05, 4.69) is 11.9 Å². The molecular weight excluding hydrogens is 448 g/mol. The Morgan fingerprint density at radius 2 is 1.69 bits per heavy atom. The molecular formula is C24H21ClN2O4S. The minimum absolute atomic E-state index is 0.000327. The zero-order valence-electron chi connectivity index (χ0n) is 17.3. The Morgan fingerprint density at radius 3 is 2.38 bits per heavy atom. The number of amides is 1. The highest BCUT2D eigenvalue weighted by Crippen LogP contribution is 2.30. The first kappa shape index (κ1) is 23.2. The van der Waals surface area contributed by atoms with Gasteiger partial charge in [0.25, 0.3) is 15.9 Å². The highest BCUT2D eigenvalue weighted by atomic mass is 35.5. The molecule has 0 atom stereocenters. The minimum Gasteiger partial charge on any atom is -0.322 e. The summed E-state index contributed by atoms with van der Waals surface area (Å²) in [5, 5.41) is 2.97. The summed E-state index contributed by atoms with van der Waals surface area (Å²) >= 11 is 6.23. The average Bonchev–Trinajstić information content (AvgIpc) is 2.78. The first-order valence-corrected chi connectivity index (χ1v) is 11.5. The zero-order chi connectivity index (χ0) is 23.3. The zero-order valence-corrected chi connectivity index (χ0v) is 18.9. The van der Waals surface area contributed by atoms with Gasteiger partial charge in [0.15, 0.2) is 5.78 Å². The number of benzene rings is 3. The fraction of sp³-hybridized carbons (Fsp3) is 0.0833. The monoisotopic (exact) mass is 468 g/mol. The van der Waals surface area contributed by atoms with E-state index in [4.69, 9.17) is 11.6 Å². The number of hydrogen-bond donors (Lipinski definition) is 1. The SMILES string of the molecule is C=CCN(c1ccccc1Cl)S(=O)(=O)c1cccc(C(=O)Nc2cccc(C(C)=O)c2)c1. The third kappa shape index (κ3) is 5.07. The van der Waals surface area contributed by atoms with Crippen LogP contribution < -0.4 is 9.62 Å². The minimum atomic E-state index is -4.03. The van der Waals surface area contributed by atoms with Crippen LogP contribution in [0.15, 0.2) is 90.3 Å². The summed E-state index contributed by atoms with van der Waals surface area (Å²) in [6.45, 7) is 5.07. The van der Waals surface area contributed by atoms with Crippen LogP contribution in [0.3, 0.4) is 0 Å². The smallest absolute Gasteiger partial charge is 0.264 e. The molecule has 0 aliphatic heterocycles. The van der Waals surface area contributed by atoms with Crippen LogP contribution in [0.2, 0.25) is 5.02 Å². The molecule has 0 bridgehead atoms. The summed E-state index contributed by atoms with van der Waals surface area (Å²) in [7, 11) is -4.03. The molecule has 0 spiro atoms. The lowest BCUT2D eigenvalue weighted by Crippen LogP contribution is -2.31. The molecule has 32 heavy (non-hydrogen) atoms. The van der Waals surface area contributed by atoms with Crippen molar-refractivity contribution in [2.75, 3.05) is 16.2 Å². The second kappa shape index (κ2) is 9.80. The number of anilines is 2. The topological polar surface area (TPSA) is 83.6 Å². The van der Waals surface area contributed by atoms with Gasteiger partial charge in [-0.2, -0.15) is 0 Å². The first-order valence-electron chi connectivity index (χ1n) is 9.64. The van der Waals surface area contributed by atoms with Gasteiger partial charge in [-0.3, -0.25) is 13.9 Å². The fourth-order valence-corrected chi connectivity index (χ4v) is 4.83. The number of ketones is 1. The third-order valence-corrected chi connectivity index (χ3v) is 6.72. The average molecular weight is 469 g/mol. The first-order chi connectivity index (χ1) is 15.2. The maximum atomic E-state index is 13.4. The van der Waals surface area contributed by atoms with Crippen molar-refractivity contribution in [2.45, 2.75) is 11.8 Å². The summed E-state index contributed by atoms with van der Waals surface area (Å²) in [4.78, 5) is 24.3. The normalized spacial score (nSPS) is 10.9. The predicted molar refractivity (Wildman–Crippen MR) is 127 cm³/mol. The van der Waals surface area contributed by atoms with Crippen molar-refractivity contribution in [3.8, 4) is 0 Å².